The van der Waals surface area contributed by atoms with Crippen LogP contribution in [0.5, 0.6) is 0 Å². The number of fused-ring (bicyclic) bond motifs is 2. The van der Waals surface area contributed by atoms with Gasteiger partial charge in [0.1, 0.15) is 5.82 Å². The molecule has 0 spiro atoms. The summed E-state index contributed by atoms with van der Waals surface area (Å²) in [5, 5.41) is 3.44. The molecular formula is C12H11N3S. The van der Waals surface area contributed by atoms with Crippen molar-refractivity contribution in [2.45, 2.75) is 6.54 Å². The summed E-state index contributed by atoms with van der Waals surface area (Å²) in [7, 11) is 0. The Balaban J connectivity index is 2.45. The quantitative estimate of drug-likeness (QED) is 0.730. The van der Waals surface area contributed by atoms with Gasteiger partial charge in [-0.05, 0) is 12.3 Å². The molecule has 0 saturated carbocycles. The molecule has 1 aliphatic heterocycles. The first-order valence-corrected chi connectivity index (χ1v) is 6.33. The number of hydrogen-bond acceptors (Lipinski definition) is 3. The minimum atomic E-state index is 0.647. The van der Waals surface area contributed by atoms with Crippen LogP contribution in [0.4, 0.5) is 0 Å². The van der Waals surface area contributed by atoms with Gasteiger partial charge in [-0.3, -0.25) is 9.56 Å². The van der Waals surface area contributed by atoms with Crippen molar-refractivity contribution in [3.63, 3.8) is 0 Å². The van der Waals surface area contributed by atoms with Gasteiger partial charge in [-0.15, -0.1) is 11.8 Å². The summed E-state index contributed by atoms with van der Waals surface area (Å²) in [6, 6.07) is 8.23. The summed E-state index contributed by atoms with van der Waals surface area (Å²) in [5.41, 5.74) is 0. The van der Waals surface area contributed by atoms with Gasteiger partial charge < -0.3 is 0 Å². The number of imidazole rings is 1. The summed E-state index contributed by atoms with van der Waals surface area (Å²) in [5.74, 6) is 1.00. The maximum Gasteiger partial charge on any atom is 0.135 e. The molecule has 3 nitrogen and oxygen atoms in total. The van der Waals surface area contributed by atoms with Gasteiger partial charge in [0.15, 0.2) is 0 Å². The lowest BCUT2D eigenvalue weighted by Gasteiger charge is -2.06. The Morgan fingerprint density at radius 2 is 2.19 bits per heavy atom. The van der Waals surface area contributed by atoms with Crippen molar-refractivity contribution in [1.29, 1.82) is 0 Å². The average molecular weight is 229 g/mol. The Bertz CT molecular complexity index is 642. The SMILES string of the molecule is CSC1=c2ccccc2=NCc2nccn21. The molecule has 80 valence electrons. The molecule has 0 N–H and O–H groups in total. The fourth-order valence-corrected chi connectivity index (χ4v) is 2.68. The Hall–Kier alpha value is -1.55. The first kappa shape index (κ1) is 9.66. The van der Waals surface area contributed by atoms with E-state index in [1.807, 2.05) is 24.5 Å². The Labute approximate surface area is 97.5 Å². The number of aromatic nitrogens is 2. The summed E-state index contributed by atoms with van der Waals surface area (Å²) in [6.07, 6.45) is 5.91. The molecule has 0 fully saturated rings. The van der Waals surface area contributed by atoms with Crippen molar-refractivity contribution < 1.29 is 0 Å². The van der Waals surface area contributed by atoms with E-state index >= 15 is 0 Å². The van der Waals surface area contributed by atoms with Crippen LogP contribution in [-0.2, 0) is 6.54 Å². The van der Waals surface area contributed by atoms with Gasteiger partial charge in [0.05, 0.1) is 16.9 Å². The van der Waals surface area contributed by atoms with Gasteiger partial charge in [-0.25, -0.2) is 4.98 Å². The molecule has 1 aromatic carbocycles. The molecule has 2 aromatic rings. The second kappa shape index (κ2) is 3.79. The van der Waals surface area contributed by atoms with Crippen LogP contribution in [0.3, 0.4) is 0 Å². The third-order valence-electron chi connectivity index (χ3n) is 2.65. The Kier molecular flexibility index (Phi) is 2.29. The van der Waals surface area contributed by atoms with Gasteiger partial charge in [0, 0.05) is 17.6 Å². The van der Waals surface area contributed by atoms with Gasteiger partial charge in [0.25, 0.3) is 0 Å². The second-order valence-electron chi connectivity index (χ2n) is 3.56. The lowest BCUT2D eigenvalue weighted by atomic mass is 10.3. The highest BCUT2D eigenvalue weighted by atomic mass is 32.2. The predicted molar refractivity (Wildman–Crippen MR) is 65.5 cm³/mol. The number of para-hydroxylation sites is 1. The third-order valence-corrected chi connectivity index (χ3v) is 3.46. The summed E-state index contributed by atoms with van der Waals surface area (Å²) >= 11 is 1.73. The lowest BCUT2D eigenvalue weighted by Crippen LogP contribution is -2.26. The van der Waals surface area contributed by atoms with E-state index in [0.717, 1.165) is 11.2 Å². The number of nitrogens with zero attached hydrogens (tertiary/aromatic N) is 3. The fourth-order valence-electron chi connectivity index (χ4n) is 1.92. The van der Waals surface area contributed by atoms with E-state index in [4.69, 9.17) is 0 Å². The molecule has 0 aliphatic carbocycles. The first-order valence-electron chi connectivity index (χ1n) is 5.10. The first-order chi connectivity index (χ1) is 7.90. The fraction of sp³-hybridized carbons (Fsp3) is 0.167. The van der Waals surface area contributed by atoms with Crippen LogP contribution < -0.4 is 10.6 Å². The smallest absolute Gasteiger partial charge is 0.135 e. The van der Waals surface area contributed by atoms with E-state index in [1.54, 1.807) is 11.8 Å². The summed E-state index contributed by atoms with van der Waals surface area (Å²) < 4.78 is 2.12. The normalized spacial score (nSPS) is 13.7. The van der Waals surface area contributed by atoms with Crippen molar-refractivity contribution >= 4 is 16.8 Å². The van der Waals surface area contributed by atoms with E-state index in [9.17, 15) is 0 Å². The highest BCUT2D eigenvalue weighted by molar-refractivity contribution is 8.07. The van der Waals surface area contributed by atoms with Crippen molar-refractivity contribution in [3.05, 3.63) is 53.1 Å². The topological polar surface area (TPSA) is 30.2 Å². The maximum atomic E-state index is 4.58. The summed E-state index contributed by atoms with van der Waals surface area (Å²) in [4.78, 5) is 8.91. The number of thioether (sulfide) groups is 1. The van der Waals surface area contributed by atoms with Crippen LogP contribution in [0, 0.1) is 0 Å². The molecule has 0 radical (unpaired) electrons. The lowest BCUT2D eigenvalue weighted by molar-refractivity contribution is 0.881. The van der Waals surface area contributed by atoms with Crippen molar-refractivity contribution in [3.8, 4) is 0 Å². The van der Waals surface area contributed by atoms with Crippen LogP contribution in [0.25, 0.3) is 5.03 Å². The van der Waals surface area contributed by atoms with Crippen molar-refractivity contribution in [2.75, 3.05) is 6.26 Å². The van der Waals surface area contributed by atoms with Gasteiger partial charge >= 0.3 is 0 Å². The molecule has 3 rings (SSSR count). The Morgan fingerprint density at radius 1 is 1.31 bits per heavy atom. The molecule has 0 unspecified atom stereocenters. The molecule has 0 saturated heterocycles. The third kappa shape index (κ3) is 1.38. The molecule has 1 aliphatic rings. The zero-order valence-electron chi connectivity index (χ0n) is 8.92. The van der Waals surface area contributed by atoms with Crippen molar-refractivity contribution in [1.82, 2.24) is 9.55 Å². The van der Waals surface area contributed by atoms with Crippen LogP contribution in [0.1, 0.15) is 5.82 Å². The number of rotatable bonds is 1. The molecular weight excluding hydrogens is 218 g/mol. The monoisotopic (exact) mass is 229 g/mol. The molecule has 0 amide bonds. The van der Waals surface area contributed by atoms with Crippen LogP contribution in [0.15, 0.2) is 41.7 Å². The van der Waals surface area contributed by atoms with Gasteiger partial charge in [-0.2, -0.15) is 0 Å². The van der Waals surface area contributed by atoms with E-state index < -0.39 is 0 Å². The maximum absolute atomic E-state index is 4.58. The minimum absolute atomic E-state index is 0.647. The van der Waals surface area contributed by atoms with E-state index in [2.05, 4.69) is 32.9 Å². The predicted octanol–water partition coefficient (Wildman–Crippen LogP) is 0.993. The van der Waals surface area contributed by atoms with Crippen LogP contribution in [0.2, 0.25) is 0 Å². The highest BCUT2D eigenvalue weighted by Gasteiger charge is 2.10. The number of benzene rings is 1. The molecule has 0 bridgehead atoms. The zero-order valence-corrected chi connectivity index (χ0v) is 9.74. The molecule has 2 heterocycles. The molecule has 1 aromatic heterocycles. The molecule has 4 heteroatoms. The van der Waals surface area contributed by atoms with E-state index in [-0.39, 0.29) is 0 Å². The van der Waals surface area contributed by atoms with Gasteiger partial charge in [0.2, 0.25) is 0 Å². The second-order valence-corrected chi connectivity index (χ2v) is 4.35. The summed E-state index contributed by atoms with van der Waals surface area (Å²) in [6.45, 7) is 0.647. The largest absolute Gasteiger partial charge is 0.296 e. The highest BCUT2D eigenvalue weighted by Crippen LogP contribution is 2.17. The van der Waals surface area contributed by atoms with Gasteiger partial charge in [-0.1, -0.05) is 18.2 Å². The minimum Gasteiger partial charge on any atom is -0.296 e. The molecule has 0 atom stereocenters. The van der Waals surface area contributed by atoms with E-state index in [0.29, 0.717) is 6.54 Å². The Morgan fingerprint density at radius 3 is 3.06 bits per heavy atom. The average Bonchev–Trinajstić information content (AvgIpc) is 2.72. The van der Waals surface area contributed by atoms with E-state index in [1.165, 1.54) is 10.2 Å². The standard InChI is InChI=1S/C12H11N3S/c1-16-12-9-4-2-3-5-10(9)14-8-11-13-6-7-15(11)12/h2-7H,8H2,1H3. The molecule has 16 heavy (non-hydrogen) atoms. The van der Waals surface area contributed by atoms with Crippen molar-refractivity contribution in [2.24, 2.45) is 4.99 Å². The number of hydrogen-bond donors (Lipinski definition) is 0. The zero-order chi connectivity index (χ0) is 11.0. The van der Waals surface area contributed by atoms with Crippen LogP contribution >= 0.6 is 11.8 Å². The van der Waals surface area contributed by atoms with Crippen LogP contribution in [-0.4, -0.2) is 15.8 Å².